The highest BCUT2D eigenvalue weighted by atomic mass is 35.5. The van der Waals surface area contributed by atoms with Crippen LogP contribution in [0.1, 0.15) is 36.8 Å². The largest absolute Gasteiger partial charge is 0.490 e. The summed E-state index contributed by atoms with van der Waals surface area (Å²) in [4.78, 5) is 41.0. The predicted octanol–water partition coefficient (Wildman–Crippen LogP) is 5.04. The van der Waals surface area contributed by atoms with Crippen molar-refractivity contribution in [2.45, 2.75) is 26.2 Å². The lowest BCUT2D eigenvalue weighted by Gasteiger charge is -2.14. The van der Waals surface area contributed by atoms with Gasteiger partial charge in [-0.05, 0) is 24.3 Å². The van der Waals surface area contributed by atoms with Crippen LogP contribution in [0.15, 0.2) is 48.7 Å². The van der Waals surface area contributed by atoms with Gasteiger partial charge in [0, 0.05) is 48.0 Å². The molecule has 0 radical (unpaired) electrons. The van der Waals surface area contributed by atoms with Crippen molar-refractivity contribution >= 4 is 51.7 Å². The van der Waals surface area contributed by atoms with Crippen molar-refractivity contribution in [3.8, 4) is 17.2 Å². The van der Waals surface area contributed by atoms with Crippen molar-refractivity contribution in [2.24, 2.45) is 5.73 Å². The molecule has 214 valence electrons. The van der Waals surface area contributed by atoms with Gasteiger partial charge in [0.15, 0.2) is 5.82 Å². The number of fused-ring (bicyclic) bond motifs is 1. The van der Waals surface area contributed by atoms with Crippen LogP contribution in [0.5, 0.6) is 17.2 Å². The number of halogens is 1. The first-order valence-electron chi connectivity index (χ1n) is 12.5. The normalized spacial score (nSPS) is 11.2. The molecular weight excluding hydrogens is 552 g/mol. The van der Waals surface area contributed by atoms with E-state index in [1.54, 1.807) is 24.3 Å². The summed E-state index contributed by atoms with van der Waals surface area (Å²) < 4.78 is 16.7. The molecule has 0 aliphatic carbocycles. The molecule has 0 fully saturated rings. The highest BCUT2D eigenvalue weighted by Crippen LogP contribution is 2.35. The van der Waals surface area contributed by atoms with E-state index in [0.29, 0.717) is 33.9 Å². The number of Topliss-reactive ketones (excluding diaryl/α,β-unsaturated/α-hetero) is 1. The number of rotatable bonds is 10. The zero-order chi connectivity index (χ0) is 29.7. The number of nitrogens with zero attached hydrogens (tertiary/aromatic N) is 2. The number of nitrogens with one attached hydrogen (secondary N) is 3. The average molecular weight is 581 g/mol. The molecule has 2 heterocycles. The number of nitrogens with two attached hydrogens (primary N) is 1. The van der Waals surface area contributed by atoms with Crippen LogP contribution in [0.4, 0.5) is 16.3 Å². The number of pyridine rings is 1. The van der Waals surface area contributed by atoms with Crippen LogP contribution in [-0.4, -0.2) is 53.2 Å². The van der Waals surface area contributed by atoms with Gasteiger partial charge in [-0.15, -0.1) is 0 Å². The van der Waals surface area contributed by atoms with Crippen molar-refractivity contribution in [1.29, 1.82) is 0 Å². The third-order valence-corrected chi connectivity index (χ3v) is 6.17. The number of hydrogen-bond donors (Lipinski definition) is 4. The molecule has 5 N–H and O–H groups in total. The SMILES string of the molecule is COCCOc1cc2nccc(Oc3ccc(NC(=O)Nc4cc(C(C)(C)C)[nH]n4)c(Cl)c3)c2cc1C(=O)C(N)=O. The fourth-order valence-corrected chi connectivity index (χ4v) is 3.95. The van der Waals surface area contributed by atoms with Crippen molar-refractivity contribution in [3.05, 3.63) is 64.9 Å². The summed E-state index contributed by atoms with van der Waals surface area (Å²) >= 11 is 6.43. The molecule has 2 aromatic heterocycles. The van der Waals surface area contributed by atoms with Gasteiger partial charge in [0.25, 0.3) is 11.7 Å². The van der Waals surface area contributed by atoms with Gasteiger partial charge in [-0.1, -0.05) is 32.4 Å². The van der Waals surface area contributed by atoms with Crippen molar-refractivity contribution < 1.29 is 28.6 Å². The lowest BCUT2D eigenvalue weighted by atomic mass is 9.92. The van der Waals surface area contributed by atoms with Gasteiger partial charge in [0.1, 0.15) is 23.9 Å². The number of aromatic nitrogens is 3. The Hall–Kier alpha value is -4.68. The summed E-state index contributed by atoms with van der Waals surface area (Å²) in [5.41, 5.74) is 6.73. The number of benzene rings is 2. The number of anilines is 2. The van der Waals surface area contributed by atoms with Gasteiger partial charge in [0.2, 0.25) is 0 Å². The Morgan fingerprint density at radius 1 is 1.02 bits per heavy atom. The van der Waals surface area contributed by atoms with Crippen LogP contribution >= 0.6 is 11.6 Å². The van der Waals surface area contributed by atoms with E-state index in [4.69, 9.17) is 31.5 Å². The second kappa shape index (κ2) is 12.2. The third kappa shape index (κ3) is 7.10. The number of H-pyrrole nitrogens is 1. The Balaban J connectivity index is 1.54. The minimum absolute atomic E-state index is 0.0333. The molecule has 3 amide bonds. The molecular formula is C28H29ClN6O6. The molecule has 2 aromatic carbocycles. The van der Waals surface area contributed by atoms with Gasteiger partial charge in [0.05, 0.1) is 28.4 Å². The molecule has 0 atom stereocenters. The number of methoxy groups -OCH3 is 1. The Kier molecular flexibility index (Phi) is 8.74. The van der Waals surface area contributed by atoms with E-state index in [9.17, 15) is 14.4 Å². The number of ether oxygens (including phenoxy) is 3. The van der Waals surface area contributed by atoms with E-state index in [0.717, 1.165) is 5.69 Å². The first-order chi connectivity index (χ1) is 19.5. The molecule has 4 rings (SSSR count). The van der Waals surface area contributed by atoms with Gasteiger partial charge in [-0.2, -0.15) is 5.10 Å². The number of aromatic amines is 1. The van der Waals surface area contributed by atoms with Crippen molar-refractivity contribution in [3.63, 3.8) is 0 Å². The first kappa shape index (κ1) is 29.3. The van der Waals surface area contributed by atoms with Crippen molar-refractivity contribution in [1.82, 2.24) is 15.2 Å². The second-order valence-electron chi connectivity index (χ2n) is 9.95. The molecule has 41 heavy (non-hydrogen) atoms. The molecule has 0 bridgehead atoms. The third-order valence-electron chi connectivity index (χ3n) is 5.86. The molecule has 0 spiro atoms. The lowest BCUT2D eigenvalue weighted by molar-refractivity contribution is -0.114. The van der Waals surface area contributed by atoms with Gasteiger partial charge < -0.3 is 25.3 Å². The monoisotopic (exact) mass is 580 g/mol. The lowest BCUT2D eigenvalue weighted by Crippen LogP contribution is -2.24. The van der Waals surface area contributed by atoms with Gasteiger partial charge >= 0.3 is 6.03 Å². The Morgan fingerprint density at radius 3 is 2.46 bits per heavy atom. The van der Waals surface area contributed by atoms with Crippen LogP contribution in [0, 0.1) is 0 Å². The summed E-state index contributed by atoms with van der Waals surface area (Å²) in [7, 11) is 1.51. The van der Waals surface area contributed by atoms with Crippen LogP contribution in [-0.2, 0) is 14.9 Å². The molecule has 0 unspecified atom stereocenters. The molecule has 0 aliphatic heterocycles. The van der Waals surface area contributed by atoms with E-state index in [-0.39, 0.29) is 35.0 Å². The maximum atomic E-state index is 12.5. The summed E-state index contributed by atoms with van der Waals surface area (Å²) in [6.45, 7) is 6.50. The van der Waals surface area contributed by atoms with Crippen molar-refractivity contribution in [2.75, 3.05) is 31.0 Å². The van der Waals surface area contributed by atoms with Crippen LogP contribution in [0.2, 0.25) is 5.02 Å². The highest BCUT2D eigenvalue weighted by molar-refractivity contribution is 6.43. The predicted molar refractivity (Wildman–Crippen MR) is 154 cm³/mol. The maximum absolute atomic E-state index is 12.5. The smallest absolute Gasteiger partial charge is 0.324 e. The molecule has 0 saturated heterocycles. The number of primary amides is 1. The number of amides is 3. The quantitative estimate of drug-likeness (QED) is 0.115. The maximum Gasteiger partial charge on any atom is 0.324 e. The summed E-state index contributed by atoms with van der Waals surface area (Å²) in [6, 6.07) is 10.5. The minimum atomic E-state index is -1.13. The Bertz CT molecular complexity index is 1610. The fourth-order valence-electron chi connectivity index (χ4n) is 3.73. The molecule has 13 heteroatoms. The molecule has 12 nitrogen and oxygen atoms in total. The zero-order valence-corrected chi connectivity index (χ0v) is 23.6. The fraction of sp³-hybridized carbons (Fsp3) is 0.250. The molecule has 0 aliphatic rings. The van der Waals surface area contributed by atoms with Crippen LogP contribution in [0.25, 0.3) is 10.9 Å². The number of carbonyl (C=O) groups excluding carboxylic acids is 3. The average Bonchev–Trinajstić information content (AvgIpc) is 3.39. The standard InChI is InChI=1S/C28H29ClN6O6/c1-28(2,3)23-14-24(35-34-23)33-27(38)32-19-6-5-15(11-18(19)29)41-21-7-8-31-20-13-22(40-10-9-39-4)17(12-16(20)21)25(36)26(30)37/h5-8,11-14H,9-10H2,1-4H3,(H2,30,37)(H3,32,33,34,35,38). The molecule has 0 saturated carbocycles. The number of urea groups is 1. The number of ketones is 1. The van der Waals surface area contributed by atoms with E-state index in [1.807, 2.05) is 20.8 Å². The zero-order valence-electron chi connectivity index (χ0n) is 22.8. The van der Waals surface area contributed by atoms with E-state index in [2.05, 4.69) is 25.8 Å². The van der Waals surface area contributed by atoms with Gasteiger partial charge in [-0.3, -0.25) is 25.0 Å². The second-order valence-corrected chi connectivity index (χ2v) is 10.4. The summed E-state index contributed by atoms with van der Waals surface area (Å²) in [5, 5.41) is 13.0. The Morgan fingerprint density at radius 2 is 1.80 bits per heavy atom. The first-order valence-corrected chi connectivity index (χ1v) is 12.8. The minimum Gasteiger partial charge on any atom is -0.490 e. The van der Waals surface area contributed by atoms with Crippen LogP contribution < -0.4 is 25.8 Å². The van der Waals surface area contributed by atoms with Crippen LogP contribution in [0.3, 0.4) is 0 Å². The topological polar surface area (TPSA) is 171 Å². The highest BCUT2D eigenvalue weighted by Gasteiger charge is 2.21. The van der Waals surface area contributed by atoms with E-state index in [1.165, 1.54) is 31.5 Å². The summed E-state index contributed by atoms with van der Waals surface area (Å²) in [6.07, 6.45) is 1.52. The number of hydrogen-bond acceptors (Lipinski definition) is 8. The number of carbonyl (C=O) groups is 3. The Labute approximate surface area is 240 Å². The van der Waals surface area contributed by atoms with Gasteiger partial charge in [-0.25, -0.2) is 4.79 Å². The van der Waals surface area contributed by atoms with E-state index >= 15 is 0 Å². The molecule has 4 aromatic rings. The summed E-state index contributed by atoms with van der Waals surface area (Å²) in [5.74, 6) is -0.861. The van der Waals surface area contributed by atoms with E-state index < -0.39 is 17.7 Å².